The summed E-state index contributed by atoms with van der Waals surface area (Å²) in [4.78, 5) is 36.6. The van der Waals surface area contributed by atoms with E-state index in [1.54, 1.807) is 0 Å². The first-order valence-corrected chi connectivity index (χ1v) is 7.26. The van der Waals surface area contributed by atoms with Crippen molar-refractivity contribution in [2.75, 3.05) is 20.2 Å². The van der Waals surface area contributed by atoms with Crippen molar-refractivity contribution in [2.45, 2.75) is 19.6 Å². The molecule has 2 rings (SSSR count). The van der Waals surface area contributed by atoms with Crippen molar-refractivity contribution >= 4 is 17.9 Å². The Bertz CT molecular complexity index is 682. The van der Waals surface area contributed by atoms with E-state index in [1.807, 2.05) is 0 Å². The number of amides is 3. The van der Waals surface area contributed by atoms with E-state index in [2.05, 4.69) is 10.1 Å². The van der Waals surface area contributed by atoms with Crippen LogP contribution in [0, 0.1) is 0 Å². The van der Waals surface area contributed by atoms with E-state index in [1.165, 1.54) is 20.1 Å². The van der Waals surface area contributed by atoms with E-state index in [0.29, 0.717) is 6.54 Å². The van der Waals surface area contributed by atoms with Crippen molar-refractivity contribution in [3.05, 3.63) is 23.8 Å². The lowest BCUT2D eigenvalue weighted by Gasteiger charge is -2.18. The number of carbonyl (C=O) groups is 3. The molecule has 0 bridgehead atoms. The number of rotatable bonds is 6. The van der Waals surface area contributed by atoms with Crippen LogP contribution in [0.15, 0.2) is 18.2 Å². The van der Waals surface area contributed by atoms with Crippen LogP contribution >= 0.6 is 0 Å². The summed E-state index contributed by atoms with van der Waals surface area (Å²) >= 11 is 0. The van der Waals surface area contributed by atoms with Crippen molar-refractivity contribution in [3.8, 4) is 11.5 Å². The fourth-order valence-electron chi connectivity index (χ4n) is 2.17. The van der Waals surface area contributed by atoms with E-state index >= 15 is 0 Å². The quantitative estimate of drug-likeness (QED) is 0.773. The fourth-order valence-corrected chi connectivity index (χ4v) is 2.17. The molecule has 1 aliphatic heterocycles. The van der Waals surface area contributed by atoms with Crippen LogP contribution in [0.4, 0.5) is 13.6 Å². The number of carbonyl (C=O) groups excluding carboxylic acids is 3. The summed E-state index contributed by atoms with van der Waals surface area (Å²) in [6.07, 6.45) is -1.20. The Morgan fingerprint density at radius 2 is 2.00 bits per heavy atom. The molecular weight excluding hydrogens is 342 g/mol. The number of hydrogen-bond donors (Lipinski definition) is 1. The highest BCUT2D eigenvalue weighted by Gasteiger charge is 2.31. The Morgan fingerprint density at radius 1 is 1.28 bits per heavy atom. The molecule has 1 fully saturated rings. The van der Waals surface area contributed by atoms with Gasteiger partial charge >= 0.3 is 18.6 Å². The highest BCUT2D eigenvalue weighted by molar-refractivity contribution is 5.99. The number of esters is 1. The molecule has 1 atom stereocenters. The van der Waals surface area contributed by atoms with Crippen LogP contribution in [-0.4, -0.2) is 55.7 Å². The zero-order chi connectivity index (χ0) is 18.6. The molecule has 1 aromatic rings. The Kier molecular flexibility index (Phi) is 5.73. The van der Waals surface area contributed by atoms with Gasteiger partial charge in [0.05, 0.1) is 12.7 Å². The van der Waals surface area contributed by atoms with Gasteiger partial charge in [-0.05, 0) is 25.1 Å². The van der Waals surface area contributed by atoms with Gasteiger partial charge in [0.15, 0.2) is 17.6 Å². The monoisotopic (exact) mass is 358 g/mol. The summed E-state index contributed by atoms with van der Waals surface area (Å²) in [7, 11) is 1.22. The number of urea groups is 1. The smallest absolute Gasteiger partial charge is 0.387 e. The van der Waals surface area contributed by atoms with Crippen LogP contribution in [0.2, 0.25) is 0 Å². The van der Waals surface area contributed by atoms with Crippen LogP contribution in [0.5, 0.6) is 11.5 Å². The molecular formula is C15H16F2N2O6. The van der Waals surface area contributed by atoms with Gasteiger partial charge in [-0.15, -0.1) is 0 Å². The van der Waals surface area contributed by atoms with Gasteiger partial charge in [-0.3, -0.25) is 9.69 Å². The van der Waals surface area contributed by atoms with Crippen molar-refractivity contribution in [3.63, 3.8) is 0 Å². The summed E-state index contributed by atoms with van der Waals surface area (Å²) in [5, 5.41) is 2.46. The van der Waals surface area contributed by atoms with Gasteiger partial charge < -0.3 is 19.5 Å². The minimum Gasteiger partial charge on any atom is -0.493 e. The second-order valence-electron chi connectivity index (χ2n) is 5.01. The van der Waals surface area contributed by atoms with Gasteiger partial charge in [0.25, 0.3) is 5.91 Å². The SMILES string of the molecule is COc1cc(C(=O)OC(C)C(=O)N2CCNC2=O)ccc1OC(F)F. The Hall–Kier alpha value is -2.91. The molecule has 0 radical (unpaired) electrons. The maximum absolute atomic E-state index is 12.3. The third-order valence-electron chi connectivity index (χ3n) is 3.37. The Labute approximate surface area is 141 Å². The minimum atomic E-state index is -3.05. The summed E-state index contributed by atoms with van der Waals surface area (Å²) in [5.41, 5.74) is -0.0241. The van der Waals surface area contributed by atoms with Crippen LogP contribution in [0.3, 0.4) is 0 Å². The number of nitrogens with one attached hydrogen (secondary N) is 1. The molecule has 1 heterocycles. The zero-order valence-electron chi connectivity index (χ0n) is 13.5. The molecule has 1 aliphatic rings. The third-order valence-corrected chi connectivity index (χ3v) is 3.37. The number of nitrogens with zero attached hydrogens (tertiary/aromatic N) is 1. The number of imide groups is 1. The Morgan fingerprint density at radius 3 is 2.56 bits per heavy atom. The number of halogens is 2. The first-order valence-electron chi connectivity index (χ1n) is 7.26. The van der Waals surface area contributed by atoms with Gasteiger partial charge in [-0.1, -0.05) is 0 Å². The molecule has 3 amide bonds. The first-order chi connectivity index (χ1) is 11.8. The van der Waals surface area contributed by atoms with E-state index in [9.17, 15) is 23.2 Å². The number of benzene rings is 1. The lowest BCUT2D eigenvalue weighted by atomic mass is 10.2. The van der Waals surface area contributed by atoms with Gasteiger partial charge in [-0.2, -0.15) is 8.78 Å². The van der Waals surface area contributed by atoms with Crippen LogP contribution in [0.25, 0.3) is 0 Å². The third kappa shape index (κ3) is 4.34. The normalized spacial score (nSPS) is 14.9. The molecule has 136 valence electrons. The molecule has 1 aromatic carbocycles. The van der Waals surface area contributed by atoms with Crippen LogP contribution < -0.4 is 14.8 Å². The van der Waals surface area contributed by atoms with E-state index in [-0.39, 0.29) is 23.6 Å². The van der Waals surface area contributed by atoms with Crippen LogP contribution in [0.1, 0.15) is 17.3 Å². The first kappa shape index (κ1) is 18.4. The van der Waals surface area contributed by atoms with Gasteiger partial charge in [-0.25, -0.2) is 9.59 Å². The van der Waals surface area contributed by atoms with Crippen molar-refractivity contribution in [1.29, 1.82) is 0 Å². The number of ether oxygens (including phenoxy) is 3. The van der Waals surface area contributed by atoms with E-state index < -0.39 is 30.6 Å². The van der Waals surface area contributed by atoms with Crippen molar-refractivity contribution in [1.82, 2.24) is 10.2 Å². The minimum absolute atomic E-state index is 0.0241. The average molecular weight is 358 g/mol. The molecule has 1 unspecified atom stereocenters. The van der Waals surface area contributed by atoms with Crippen molar-refractivity contribution in [2.24, 2.45) is 0 Å². The van der Waals surface area contributed by atoms with Gasteiger partial charge in [0.1, 0.15) is 0 Å². The number of alkyl halides is 2. The predicted molar refractivity (Wildman–Crippen MR) is 79.6 cm³/mol. The molecule has 0 spiro atoms. The lowest BCUT2D eigenvalue weighted by Crippen LogP contribution is -2.41. The summed E-state index contributed by atoms with van der Waals surface area (Å²) < 4.78 is 38.8. The maximum atomic E-state index is 12.3. The topological polar surface area (TPSA) is 94.2 Å². The highest BCUT2D eigenvalue weighted by Crippen LogP contribution is 2.29. The standard InChI is InChI=1S/C15H16F2N2O6/c1-8(12(20)19-6-5-18-15(19)22)24-13(21)9-3-4-10(25-14(16)17)11(7-9)23-2/h3-4,7-8,14H,5-6H2,1-2H3,(H,18,22). The summed E-state index contributed by atoms with van der Waals surface area (Å²) in [5.74, 6) is -1.87. The highest BCUT2D eigenvalue weighted by atomic mass is 19.3. The number of methoxy groups -OCH3 is 1. The predicted octanol–water partition coefficient (Wildman–Crippen LogP) is 1.39. The molecule has 1 saturated heterocycles. The average Bonchev–Trinajstić information content (AvgIpc) is 2.99. The molecule has 10 heteroatoms. The lowest BCUT2D eigenvalue weighted by molar-refractivity contribution is -0.136. The largest absolute Gasteiger partial charge is 0.493 e. The zero-order valence-corrected chi connectivity index (χ0v) is 13.5. The molecule has 1 N–H and O–H groups in total. The van der Waals surface area contributed by atoms with Gasteiger partial charge in [0.2, 0.25) is 0 Å². The summed E-state index contributed by atoms with van der Waals surface area (Å²) in [6.45, 7) is -1.20. The van der Waals surface area contributed by atoms with Crippen LogP contribution in [-0.2, 0) is 9.53 Å². The molecule has 25 heavy (non-hydrogen) atoms. The second-order valence-corrected chi connectivity index (χ2v) is 5.01. The molecule has 0 saturated carbocycles. The fraction of sp³-hybridized carbons (Fsp3) is 0.400. The Balaban J connectivity index is 2.07. The van der Waals surface area contributed by atoms with Crippen molar-refractivity contribution < 1.29 is 37.4 Å². The molecule has 8 nitrogen and oxygen atoms in total. The second kappa shape index (κ2) is 7.77. The van der Waals surface area contributed by atoms with Gasteiger partial charge in [0, 0.05) is 13.1 Å². The molecule has 0 aromatic heterocycles. The molecule has 0 aliphatic carbocycles. The summed E-state index contributed by atoms with van der Waals surface area (Å²) in [6, 6.07) is 2.92. The maximum Gasteiger partial charge on any atom is 0.387 e. The number of hydrogen-bond acceptors (Lipinski definition) is 6. The van der Waals surface area contributed by atoms with E-state index in [4.69, 9.17) is 9.47 Å². The van der Waals surface area contributed by atoms with E-state index in [0.717, 1.165) is 17.0 Å².